The Morgan fingerprint density at radius 3 is 2.87 bits per heavy atom. The summed E-state index contributed by atoms with van der Waals surface area (Å²) in [4.78, 5) is 10.3. The van der Waals surface area contributed by atoms with Gasteiger partial charge in [0, 0.05) is 12.6 Å². The topological polar surface area (TPSA) is 55.2 Å². The Kier molecular flexibility index (Phi) is 4.71. The van der Waals surface area contributed by atoms with Crippen LogP contribution in [0.25, 0.3) is 0 Å². The Bertz CT molecular complexity index is 355. The van der Waals surface area contributed by atoms with Gasteiger partial charge in [-0.3, -0.25) is 10.1 Å². The molecule has 82 valence electrons. The minimum atomic E-state index is -0.382. The number of halogens is 1. The van der Waals surface area contributed by atoms with Gasteiger partial charge < -0.3 is 5.32 Å². The van der Waals surface area contributed by atoms with E-state index in [-0.39, 0.29) is 10.6 Å². The van der Waals surface area contributed by atoms with Crippen molar-refractivity contribution >= 4 is 21.6 Å². The fourth-order valence-electron chi connectivity index (χ4n) is 1.24. The highest BCUT2D eigenvalue weighted by Crippen LogP contribution is 2.27. The molecule has 15 heavy (non-hydrogen) atoms. The molecule has 0 atom stereocenters. The standard InChI is InChI=1S/C10H13BrN2O2/c1-2-6-12-7-8-4-3-5-9(10(8)11)13(14)15/h3-5,12H,2,6-7H2,1H3. The normalized spacial score (nSPS) is 10.3. The molecule has 0 aromatic heterocycles. The van der Waals surface area contributed by atoms with Gasteiger partial charge in [0.2, 0.25) is 0 Å². The van der Waals surface area contributed by atoms with Crippen LogP contribution in [0.2, 0.25) is 0 Å². The van der Waals surface area contributed by atoms with Gasteiger partial charge in [-0.1, -0.05) is 19.1 Å². The fraction of sp³-hybridized carbons (Fsp3) is 0.400. The highest BCUT2D eigenvalue weighted by molar-refractivity contribution is 9.10. The predicted octanol–water partition coefficient (Wildman–Crippen LogP) is 2.86. The average molecular weight is 273 g/mol. The van der Waals surface area contributed by atoms with Crippen LogP contribution in [0.3, 0.4) is 0 Å². The third-order valence-corrected chi connectivity index (χ3v) is 2.91. The van der Waals surface area contributed by atoms with E-state index in [1.54, 1.807) is 6.07 Å². The number of nitrogens with one attached hydrogen (secondary N) is 1. The molecular weight excluding hydrogens is 260 g/mol. The van der Waals surface area contributed by atoms with E-state index in [1.807, 2.05) is 6.07 Å². The second kappa shape index (κ2) is 5.82. The number of rotatable bonds is 5. The van der Waals surface area contributed by atoms with Crippen molar-refractivity contribution in [2.24, 2.45) is 0 Å². The molecule has 0 saturated carbocycles. The molecule has 4 nitrogen and oxygen atoms in total. The summed E-state index contributed by atoms with van der Waals surface area (Å²) in [5.74, 6) is 0. The maximum absolute atomic E-state index is 10.7. The molecule has 0 saturated heterocycles. The number of nitrogens with zero attached hydrogens (tertiary/aromatic N) is 1. The van der Waals surface area contributed by atoms with Gasteiger partial charge in [0.05, 0.1) is 9.40 Å². The minimum Gasteiger partial charge on any atom is -0.313 e. The second-order valence-electron chi connectivity index (χ2n) is 3.18. The van der Waals surface area contributed by atoms with Crippen LogP contribution in [-0.4, -0.2) is 11.5 Å². The Morgan fingerprint density at radius 2 is 2.27 bits per heavy atom. The molecule has 0 bridgehead atoms. The average Bonchev–Trinajstić information content (AvgIpc) is 2.20. The van der Waals surface area contributed by atoms with E-state index in [0.29, 0.717) is 11.0 Å². The van der Waals surface area contributed by atoms with E-state index in [0.717, 1.165) is 18.5 Å². The summed E-state index contributed by atoms with van der Waals surface area (Å²) in [6.07, 6.45) is 1.05. The summed E-state index contributed by atoms with van der Waals surface area (Å²) < 4.78 is 0.568. The number of nitro benzene ring substituents is 1. The number of nitro groups is 1. The number of hydrogen-bond acceptors (Lipinski definition) is 3. The molecule has 5 heteroatoms. The summed E-state index contributed by atoms with van der Waals surface area (Å²) in [6.45, 7) is 3.64. The zero-order valence-electron chi connectivity index (χ0n) is 8.50. The minimum absolute atomic E-state index is 0.116. The van der Waals surface area contributed by atoms with E-state index < -0.39 is 0 Å². The van der Waals surface area contributed by atoms with Crippen molar-refractivity contribution in [3.63, 3.8) is 0 Å². The van der Waals surface area contributed by atoms with Crippen molar-refractivity contribution in [2.75, 3.05) is 6.54 Å². The molecule has 0 radical (unpaired) electrons. The van der Waals surface area contributed by atoms with E-state index in [9.17, 15) is 10.1 Å². The molecule has 0 aliphatic rings. The summed E-state index contributed by atoms with van der Waals surface area (Å²) >= 11 is 3.25. The molecule has 0 amide bonds. The first-order chi connectivity index (χ1) is 7.16. The zero-order valence-corrected chi connectivity index (χ0v) is 10.1. The SMILES string of the molecule is CCCNCc1cccc([N+](=O)[O-])c1Br. The van der Waals surface area contributed by atoms with E-state index in [2.05, 4.69) is 28.2 Å². The highest BCUT2D eigenvalue weighted by Gasteiger charge is 2.13. The zero-order chi connectivity index (χ0) is 11.3. The van der Waals surface area contributed by atoms with E-state index in [1.165, 1.54) is 6.07 Å². The molecule has 0 aliphatic carbocycles. The van der Waals surface area contributed by atoms with Gasteiger partial charge in [-0.05, 0) is 34.5 Å². The van der Waals surface area contributed by atoms with Crippen LogP contribution in [-0.2, 0) is 6.54 Å². The van der Waals surface area contributed by atoms with Gasteiger partial charge in [0.1, 0.15) is 0 Å². The van der Waals surface area contributed by atoms with Crippen LogP contribution in [0.15, 0.2) is 22.7 Å². The first-order valence-electron chi connectivity index (χ1n) is 4.79. The van der Waals surface area contributed by atoms with Gasteiger partial charge in [0.15, 0.2) is 0 Å². The van der Waals surface area contributed by atoms with Gasteiger partial charge in [-0.15, -0.1) is 0 Å². The molecule has 1 aromatic rings. The van der Waals surface area contributed by atoms with Gasteiger partial charge in [0.25, 0.3) is 5.69 Å². The van der Waals surface area contributed by atoms with Crippen LogP contribution in [0, 0.1) is 10.1 Å². The Hall–Kier alpha value is -0.940. The van der Waals surface area contributed by atoms with Gasteiger partial charge >= 0.3 is 0 Å². The molecular formula is C10H13BrN2O2. The quantitative estimate of drug-likeness (QED) is 0.510. The monoisotopic (exact) mass is 272 g/mol. The third kappa shape index (κ3) is 3.28. The molecule has 0 unspecified atom stereocenters. The lowest BCUT2D eigenvalue weighted by Gasteiger charge is -2.05. The van der Waals surface area contributed by atoms with Crippen molar-refractivity contribution in [1.29, 1.82) is 0 Å². The van der Waals surface area contributed by atoms with Crippen LogP contribution < -0.4 is 5.32 Å². The first-order valence-corrected chi connectivity index (χ1v) is 5.58. The third-order valence-electron chi connectivity index (χ3n) is 2.00. The Balaban J connectivity index is 2.80. The van der Waals surface area contributed by atoms with Crippen LogP contribution in [0.4, 0.5) is 5.69 Å². The summed E-state index contributed by atoms with van der Waals surface area (Å²) in [6, 6.07) is 5.07. The van der Waals surface area contributed by atoms with E-state index >= 15 is 0 Å². The highest BCUT2D eigenvalue weighted by atomic mass is 79.9. The largest absolute Gasteiger partial charge is 0.313 e. The van der Waals surface area contributed by atoms with E-state index in [4.69, 9.17) is 0 Å². The molecule has 1 N–H and O–H groups in total. The lowest BCUT2D eigenvalue weighted by Crippen LogP contribution is -2.14. The summed E-state index contributed by atoms with van der Waals surface area (Å²) in [5.41, 5.74) is 1.03. The van der Waals surface area contributed by atoms with Crippen molar-refractivity contribution in [3.8, 4) is 0 Å². The van der Waals surface area contributed by atoms with Crippen LogP contribution in [0.1, 0.15) is 18.9 Å². The molecule has 0 fully saturated rings. The molecule has 0 heterocycles. The molecule has 0 spiro atoms. The lowest BCUT2D eigenvalue weighted by molar-refractivity contribution is -0.385. The predicted molar refractivity (Wildman–Crippen MR) is 62.8 cm³/mol. The Labute approximate surface area is 97.0 Å². The maximum atomic E-state index is 10.7. The smallest absolute Gasteiger partial charge is 0.283 e. The molecule has 1 rings (SSSR count). The van der Waals surface area contributed by atoms with Gasteiger partial charge in [-0.2, -0.15) is 0 Å². The lowest BCUT2D eigenvalue weighted by atomic mass is 10.2. The Morgan fingerprint density at radius 1 is 1.53 bits per heavy atom. The molecule has 0 aliphatic heterocycles. The van der Waals surface area contributed by atoms with Crippen LogP contribution in [0.5, 0.6) is 0 Å². The second-order valence-corrected chi connectivity index (χ2v) is 3.98. The summed E-state index contributed by atoms with van der Waals surface area (Å²) in [7, 11) is 0. The van der Waals surface area contributed by atoms with Crippen molar-refractivity contribution in [2.45, 2.75) is 19.9 Å². The summed E-state index contributed by atoms with van der Waals surface area (Å²) in [5, 5.41) is 13.9. The maximum Gasteiger partial charge on any atom is 0.283 e. The molecule has 1 aromatic carbocycles. The first kappa shape index (κ1) is 12.1. The fourth-order valence-corrected chi connectivity index (χ4v) is 1.79. The van der Waals surface area contributed by atoms with Crippen molar-refractivity contribution in [1.82, 2.24) is 5.32 Å². The number of hydrogen-bond donors (Lipinski definition) is 1. The van der Waals surface area contributed by atoms with Gasteiger partial charge in [-0.25, -0.2) is 0 Å². The number of benzene rings is 1. The van der Waals surface area contributed by atoms with Crippen LogP contribution >= 0.6 is 15.9 Å². The van der Waals surface area contributed by atoms with Crippen molar-refractivity contribution in [3.05, 3.63) is 38.3 Å². The van der Waals surface area contributed by atoms with Crippen molar-refractivity contribution < 1.29 is 4.92 Å².